The minimum Gasteiger partial charge on any atom is -0.465 e. The molecule has 82 valence electrons. The van der Waals surface area contributed by atoms with Gasteiger partial charge in [0.15, 0.2) is 5.69 Å². The quantitative estimate of drug-likeness (QED) is 0.586. The number of nitrogens with zero attached hydrogens (tertiary/aromatic N) is 2. The maximum Gasteiger partial charge on any atom is 0.338 e. The summed E-state index contributed by atoms with van der Waals surface area (Å²) in [5.41, 5.74) is 0.131. The van der Waals surface area contributed by atoms with Crippen LogP contribution in [0.4, 0.5) is 5.69 Å². The van der Waals surface area contributed by atoms with Crippen LogP contribution in [0.25, 0.3) is 12.2 Å². The fourth-order valence-corrected chi connectivity index (χ4v) is 1.26. The van der Waals surface area contributed by atoms with E-state index in [1.807, 2.05) is 0 Å². The molecule has 0 aliphatic rings. The Labute approximate surface area is 90.3 Å². The van der Waals surface area contributed by atoms with Crippen LogP contribution >= 0.6 is 0 Å². The molecule has 0 saturated carbocycles. The summed E-state index contributed by atoms with van der Waals surface area (Å²) in [6.45, 7) is 1.52. The number of nitro groups is 1. The van der Waals surface area contributed by atoms with Crippen LogP contribution in [-0.2, 0) is 0 Å². The third-order valence-corrected chi connectivity index (χ3v) is 1.98. The molecule has 0 radical (unpaired) electrons. The molecule has 0 N–H and O–H groups in total. The van der Waals surface area contributed by atoms with Gasteiger partial charge in [0.2, 0.25) is 5.76 Å². The van der Waals surface area contributed by atoms with Crippen molar-refractivity contribution in [3.63, 3.8) is 0 Å². The molecular formula is C10H8N2O4. The van der Waals surface area contributed by atoms with Crippen LogP contribution in [0.2, 0.25) is 0 Å². The van der Waals surface area contributed by atoms with E-state index in [-0.39, 0.29) is 17.1 Å². The fraction of sp³-hybridized carbons (Fsp3) is 0.100. The Hall–Kier alpha value is -2.37. The molecule has 2 aromatic heterocycles. The van der Waals surface area contributed by atoms with Gasteiger partial charge in [-0.15, -0.1) is 0 Å². The first-order chi connectivity index (χ1) is 7.68. The number of hydrogen-bond donors (Lipinski definition) is 0. The maximum atomic E-state index is 10.7. The molecule has 0 atom stereocenters. The molecule has 0 aliphatic heterocycles. The largest absolute Gasteiger partial charge is 0.465 e. The summed E-state index contributed by atoms with van der Waals surface area (Å²) in [6, 6.07) is 3.45. The second kappa shape index (κ2) is 4.01. The summed E-state index contributed by atoms with van der Waals surface area (Å²) < 4.78 is 9.88. The normalized spacial score (nSPS) is 11.1. The molecule has 0 amide bonds. The van der Waals surface area contributed by atoms with Crippen molar-refractivity contribution in [2.75, 3.05) is 0 Å². The average Bonchev–Trinajstić information content (AvgIpc) is 2.83. The van der Waals surface area contributed by atoms with Crippen LogP contribution in [-0.4, -0.2) is 10.1 Å². The Balaban J connectivity index is 2.32. The van der Waals surface area contributed by atoms with Crippen LogP contribution < -0.4 is 0 Å². The molecule has 2 aromatic rings. The van der Waals surface area contributed by atoms with Gasteiger partial charge in [-0.25, -0.2) is 0 Å². The van der Waals surface area contributed by atoms with Crippen LogP contribution in [0.1, 0.15) is 17.2 Å². The Morgan fingerprint density at radius 1 is 1.50 bits per heavy atom. The summed E-state index contributed by atoms with van der Waals surface area (Å²) in [5.74, 6) is 0.697. The van der Waals surface area contributed by atoms with Gasteiger partial charge in [0.25, 0.3) is 0 Å². The lowest BCUT2D eigenvalue weighted by molar-refractivity contribution is -0.386. The predicted molar refractivity (Wildman–Crippen MR) is 55.5 cm³/mol. The van der Waals surface area contributed by atoms with E-state index in [1.165, 1.54) is 19.3 Å². The summed E-state index contributed by atoms with van der Waals surface area (Å²) in [7, 11) is 0. The molecule has 0 saturated heterocycles. The first kappa shape index (κ1) is 10.2. The van der Waals surface area contributed by atoms with Gasteiger partial charge in [-0.05, 0) is 31.2 Å². The van der Waals surface area contributed by atoms with E-state index >= 15 is 0 Å². The third kappa shape index (κ3) is 1.85. The lowest BCUT2D eigenvalue weighted by atomic mass is 10.3. The van der Waals surface area contributed by atoms with Crippen LogP contribution in [0.3, 0.4) is 0 Å². The molecule has 0 aromatic carbocycles. The molecule has 0 fully saturated rings. The zero-order chi connectivity index (χ0) is 11.5. The monoisotopic (exact) mass is 220 g/mol. The van der Waals surface area contributed by atoms with Crippen LogP contribution in [0.15, 0.2) is 27.3 Å². The van der Waals surface area contributed by atoms with E-state index < -0.39 is 4.92 Å². The molecule has 0 unspecified atom stereocenters. The van der Waals surface area contributed by atoms with Gasteiger partial charge in [0.1, 0.15) is 5.76 Å². The highest BCUT2D eigenvalue weighted by molar-refractivity contribution is 5.69. The van der Waals surface area contributed by atoms with Gasteiger partial charge in [-0.1, -0.05) is 5.16 Å². The Bertz CT molecular complexity index is 525. The van der Waals surface area contributed by atoms with E-state index in [0.717, 1.165) is 0 Å². The van der Waals surface area contributed by atoms with E-state index in [9.17, 15) is 10.1 Å². The SMILES string of the molecule is Cc1noc(C=Cc2ccco2)c1[N+](=O)[O-]. The molecule has 6 heteroatoms. The topological polar surface area (TPSA) is 82.3 Å². The number of furan rings is 1. The number of hydrogen-bond acceptors (Lipinski definition) is 5. The van der Waals surface area contributed by atoms with Gasteiger partial charge in [0.05, 0.1) is 11.2 Å². The van der Waals surface area contributed by atoms with Crippen molar-refractivity contribution >= 4 is 17.8 Å². The molecular weight excluding hydrogens is 212 g/mol. The first-order valence-corrected chi connectivity index (χ1v) is 4.50. The van der Waals surface area contributed by atoms with Gasteiger partial charge >= 0.3 is 5.69 Å². The van der Waals surface area contributed by atoms with Crippen molar-refractivity contribution in [3.8, 4) is 0 Å². The average molecular weight is 220 g/mol. The summed E-state index contributed by atoms with van der Waals surface area (Å²) in [6.07, 6.45) is 4.55. The molecule has 16 heavy (non-hydrogen) atoms. The number of aromatic nitrogens is 1. The van der Waals surface area contributed by atoms with E-state index in [4.69, 9.17) is 8.94 Å². The second-order valence-electron chi connectivity index (χ2n) is 3.09. The summed E-state index contributed by atoms with van der Waals surface area (Å²) >= 11 is 0. The third-order valence-electron chi connectivity index (χ3n) is 1.98. The van der Waals surface area contributed by atoms with Gasteiger partial charge < -0.3 is 8.94 Å². The molecule has 2 rings (SSSR count). The predicted octanol–water partition coefficient (Wildman–Crippen LogP) is 2.65. The zero-order valence-corrected chi connectivity index (χ0v) is 8.41. The van der Waals surface area contributed by atoms with Crippen molar-refractivity contribution in [2.45, 2.75) is 6.92 Å². The maximum absolute atomic E-state index is 10.7. The van der Waals surface area contributed by atoms with Gasteiger partial charge in [-0.2, -0.15) is 0 Å². The summed E-state index contributed by atoms with van der Waals surface area (Å²) in [4.78, 5) is 10.2. The highest BCUT2D eigenvalue weighted by atomic mass is 16.6. The Kier molecular flexibility index (Phi) is 2.55. The van der Waals surface area contributed by atoms with Crippen LogP contribution in [0.5, 0.6) is 0 Å². The van der Waals surface area contributed by atoms with E-state index in [1.54, 1.807) is 18.2 Å². The second-order valence-corrected chi connectivity index (χ2v) is 3.09. The minimum absolute atomic E-state index is 0.110. The van der Waals surface area contributed by atoms with E-state index in [0.29, 0.717) is 5.76 Å². The number of rotatable bonds is 3. The van der Waals surface area contributed by atoms with Crippen LogP contribution in [0, 0.1) is 17.0 Å². The van der Waals surface area contributed by atoms with Crippen molar-refractivity contribution in [1.82, 2.24) is 5.16 Å². The zero-order valence-electron chi connectivity index (χ0n) is 8.41. The van der Waals surface area contributed by atoms with Gasteiger partial charge in [0, 0.05) is 0 Å². The molecule has 0 aliphatic carbocycles. The standard InChI is InChI=1S/C10H8N2O4/c1-7-10(12(13)14)9(16-11-7)5-4-8-3-2-6-15-8/h2-6H,1H3. The fourth-order valence-electron chi connectivity index (χ4n) is 1.26. The van der Waals surface area contributed by atoms with Crippen molar-refractivity contribution in [1.29, 1.82) is 0 Å². The van der Waals surface area contributed by atoms with Crippen molar-refractivity contribution in [3.05, 3.63) is 45.7 Å². The molecule has 6 nitrogen and oxygen atoms in total. The lowest BCUT2D eigenvalue weighted by Crippen LogP contribution is -1.89. The smallest absolute Gasteiger partial charge is 0.338 e. The van der Waals surface area contributed by atoms with Crippen molar-refractivity contribution < 1.29 is 13.9 Å². The minimum atomic E-state index is -0.520. The summed E-state index contributed by atoms with van der Waals surface area (Å²) in [5, 5.41) is 14.3. The highest BCUT2D eigenvalue weighted by Gasteiger charge is 2.21. The molecule has 0 spiro atoms. The molecule has 2 heterocycles. The Morgan fingerprint density at radius 3 is 2.94 bits per heavy atom. The Morgan fingerprint density at radius 2 is 2.31 bits per heavy atom. The van der Waals surface area contributed by atoms with Gasteiger partial charge in [-0.3, -0.25) is 10.1 Å². The van der Waals surface area contributed by atoms with E-state index in [2.05, 4.69) is 5.16 Å². The molecule has 0 bridgehead atoms. The highest BCUT2D eigenvalue weighted by Crippen LogP contribution is 2.24. The number of aryl methyl sites for hydroxylation is 1. The first-order valence-electron chi connectivity index (χ1n) is 4.50. The lowest BCUT2D eigenvalue weighted by Gasteiger charge is -1.87. The van der Waals surface area contributed by atoms with Crippen molar-refractivity contribution in [2.24, 2.45) is 0 Å².